The quantitative estimate of drug-likeness (QED) is 0.459. The van der Waals surface area contributed by atoms with Gasteiger partial charge in [-0.25, -0.2) is 0 Å². The summed E-state index contributed by atoms with van der Waals surface area (Å²) >= 11 is 0. The van der Waals surface area contributed by atoms with Crippen molar-refractivity contribution in [2.24, 2.45) is 5.10 Å². The molecule has 0 aromatic heterocycles. The number of hydrazone groups is 1. The van der Waals surface area contributed by atoms with Gasteiger partial charge in [0.05, 0.1) is 23.6 Å². The average molecular weight is 470 g/mol. The summed E-state index contributed by atoms with van der Waals surface area (Å²) in [7, 11) is 0. The molecule has 0 atom stereocenters. The Morgan fingerprint density at radius 1 is 0.971 bits per heavy atom. The highest BCUT2D eigenvalue weighted by atomic mass is 16.5. The van der Waals surface area contributed by atoms with Crippen molar-refractivity contribution in [2.45, 2.75) is 20.8 Å². The van der Waals surface area contributed by atoms with Crippen LogP contribution in [0.15, 0.2) is 83.5 Å². The van der Waals surface area contributed by atoms with E-state index in [0.29, 0.717) is 40.8 Å². The summed E-state index contributed by atoms with van der Waals surface area (Å²) in [5.41, 5.74) is 4.38. The predicted molar refractivity (Wildman–Crippen MR) is 138 cm³/mol. The lowest BCUT2D eigenvalue weighted by molar-refractivity contribution is -0.118. The molecule has 0 bridgehead atoms. The van der Waals surface area contributed by atoms with E-state index in [0.717, 1.165) is 11.1 Å². The highest BCUT2D eigenvalue weighted by Crippen LogP contribution is 2.31. The summed E-state index contributed by atoms with van der Waals surface area (Å²) in [5.74, 6) is 0.473. The summed E-state index contributed by atoms with van der Waals surface area (Å²) in [6.45, 7) is 5.90. The molecule has 0 fully saturated rings. The second-order valence-corrected chi connectivity index (χ2v) is 8.04. The first-order chi connectivity index (χ1) is 16.9. The minimum absolute atomic E-state index is 0.162. The molecule has 0 aliphatic carbocycles. The van der Waals surface area contributed by atoms with E-state index >= 15 is 0 Å². The van der Waals surface area contributed by atoms with Crippen molar-refractivity contribution < 1.29 is 19.1 Å². The molecule has 35 heavy (non-hydrogen) atoms. The van der Waals surface area contributed by atoms with Crippen molar-refractivity contribution in [1.82, 2.24) is 0 Å². The van der Waals surface area contributed by atoms with Gasteiger partial charge in [0.1, 0.15) is 0 Å². The van der Waals surface area contributed by atoms with Crippen LogP contribution in [-0.2, 0) is 9.59 Å². The first-order valence-corrected chi connectivity index (χ1v) is 11.4. The number of carbonyl (C=O) groups excluding carboxylic acids is 2. The number of rotatable bonds is 8. The lowest BCUT2D eigenvalue weighted by Gasteiger charge is -2.13. The molecule has 3 aromatic carbocycles. The number of anilines is 2. The SMILES string of the molecule is CCOc1cc(/C=C2/C(=O)N(c3ccccc3)N=C2C)ccc1OCC(=O)Nc1cccc(C)c1. The Labute approximate surface area is 204 Å². The molecule has 2 amide bonds. The smallest absolute Gasteiger partial charge is 0.280 e. The van der Waals surface area contributed by atoms with E-state index in [1.165, 1.54) is 5.01 Å². The molecular weight excluding hydrogens is 442 g/mol. The van der Waals surface area contributed by atoms with Crippen LogP contribution in [0.4, 0.5) is 11.4 Å². The van der Waals surface area contributed by atoms with Gasteiger partial charge in [-0.05, 0) is 74.4 Å². The molecule has 1 heterocycles. The van der Waals surface area contributed by atoms with Crippen LogP contribution in [0.1, 0.15) is 25.0 Å². The van der Waals surface area contributed by atoms with E-state index in [1.807, 2.05) is 74.5 Å². The topological polar surface area (TPSA) is 80.2 Å². The van der Waals surface area contributed by atoms with E-state index in [4.69, 9.17) is 9.47 Å². The number of amides is 2. The number of ether oxygens (including phenoxy) is 2. The molecule has 4 rings (SSSR count). The molecule has 7 heteroatoms. The number of nitrogens with zero attached hydrogens (tertiary/aromatic N) is 2. The Morgan fingerprint density at radius 2 is 1.77 bits per heavy atom. The molecular formula is C28H27N3O4. The van der Waals surface area contributed by atoms with Gasteiger partial charge in [-0.2, -0.15) is 10.1 Å². The fraction of sp³-hybridized carbons (Fsp3) is 0.179. The minimum atomic E-state index is -0.270. The zero-order valence-electron chi connectivity index (χ0n) is 19.9. The third kappa shape index (κ3) is 5.76. The molecule has 178 valence electrons. The maximum atomic E-state index is 13.0. The fourth-order valence-electron chi connectivity index (χ4n) is 3.66. The van der Waals surface area contributed by atoms with Crippen LogP contribution in [0.25, 0.3) is 6.08 Å². The number of para-hydroxylation sites is 1. The Balaban J connectivity index is 1.48. The summed E-state index contributed by atoms with van der Waals surface area (Å²) in [4.78, 5) is 25.3. The van der Waals surface area contributed by atoms with Crippen LogP contribution < -0.4 is 19.8 Å². The molecule has 1 N–H and O–H groups in total. The zero-order chi connectivity index (χ0) is 24.8. The Hall–Kier alpha value is -4.39. The van der Waals surface area contributed by atoms with E-state index in [2.05, 4.69) is 10.4 Å². The lowest BCUT2D eigenvalue weighted by Crippen LogP contribution is -2.21. The van der Waals surface area contributed by atoms with Gasteiger partial charge in [0, 0.05) is 5.69 Å². The zero-order valence-corrected chi connectivity index (χ0v) is 19.9. The van der Waals surface area contributed by atoms with Gasteiger partial charge in [-0.1, -0.05) is 36.4 Å². The normalized spacial score (nSPS) is 14.1. The molecule has 3 aromatic rings. The van der Waals surface area contributed by atoms with Crippen molar-refractivity contribution in [3.63, 3.8) is 0 Å². The maximum absolute atomic E-state index is 13.0. The van der Waals surface area contributed by atoms with Crippen molar-refractivity contribution in [1.29, 1.82) is 0 Å². The summed E-state index contributed by atoms with van der Waals surface area (Å²) in [6.07, 6.45) is 1.78. The Kier molecular flexibility index (Phi) is 7.26. The van der Waals surface area contributed by atoms with Gasteiger partial charge >= 0.3 is 0 Å². The van der Waals surface area contributed by atoms with E-state index in [-0.39, 0.29) is 18.4 Å². The van der Waals surface area contributed by atoms with Gasteiger partial charge in [0.15, 0.2) is 18.1 Å². The minimum Gasteiger partial charge on any atom is -0.490 e. The molecule has 0 saturated heterocycles. The van der Waals surface area contributed by atoms with Crippen LogP contribution in [0, 0.1) is 6.92 Å². The highest BCUT2D eigenvalue weighted by Gasteiger charge is 2.28. The molecule has 0 radical (unpaired) electrons. The Bertz CT molecular complexity index is 1300. The van der Waals surface area contributed by atoms with Gasteiger partial charge in [0.2, 0.25) is 0 Å². The van der Waals surface area contributed by atoms with E-state index in [1.54, 1.807) is 25.1 Å². The standard InChI is InChI=1S/C28H27N3O4/c1-4-34-26-17-21(16-24-20(3)30-31(28(24)33)23-11-6-5-7-12-23)13-14-25(26)35-18-27(32)29-22-10-8-9-19(2)15-22/h5-17H,4,18H2,1-3H3,(H,29,32)/b24-16+. The fourth-order valence-corrected chi connectivity index (χ4v) is 3.66. The first-order valence-electron chi connectivity index (χ1n) is 11.4. The van der Waals surface area contributed by atoms with Crippen molar-refractivity contribution >= 4 is 35.0 Å². The van der Waals surface area contributed by atoms with Crippen LogP contribution in [0.3, 0.4) is 0 Å². The number of nitrogens with one attached hydrogen (secondary N) is 1. The molecule has 0 unspecified atom stereocenters. The number of carbonyl (C=O) groups is 2. The summed E-state index contributed by atoms with van der Waals surface area (Å²) < 4.78 is 11.5. The predicted octanol–water partition coefficient (Wildman–Crippen LogP) is 5.22. The van der Waals surface area contributed by atoms with Crippen molar-refractivity contribution in [2.75, 3.05) is 23.5 Å². The van der Waals surface area contributed by atoms with E-state index < -0.39 is 0 Å². The van der Waals surface area contributed by atoms with Gasteiger partial charge in [0.25, 0.3) is 11.8 Å². The van der Waals surface area contributed by atoms with Crippen LogP contribution in [0.5, 0.6) is 11.5 Å². The lowest BCUT2D eigenvalue weighted by atomic mass is 10.1. The van der Waals surface area contributed by atoms with Gasteiger partial charge in [-0.3, -0.25) is 9.59 Å². The van der Waals surface area contributed by atoms with Crippen molar-refractivity contribution in [3.05, 3.63) is 89.5 Å². The maximum Gasteiger partial charge on any atom is 0.280 e. The van der Waals surface area contributed by atoms with E-state index in [9.17, 15) is 9.59 Å². The number of hydrogen-bond donors (Lipinski definition) is 1. The summed E-state index contributed by atoms with van der Waals surface area (Å²) in [6, 6.07) is 22.2. The van der Waals surface area contributed by atoms with Crippen LogP contribution >= 0.6 is 0 Å². The largest absolute Gasteiger partial charge is 0.490 e. The first kappa shape index (κ1) is 23.8. The van der Waals surface area contributed by atoms with Gasteiger partial charge in [-0.15, -0.1) is 0 Å². The second kappa shape index (κ2) is 10.7. The number of benzene rings is 3. The Morgan fingerprint density at radius 3 is 2.51 bits per heavy atom. The molecule has 1 aliphatic rings. The molecule has 0 spiro atoms. The molecule has 0 saturated carbocycles. The van der Waals surface area contributed by atoms with Crippen molar-refractivity contribution in [3.8, 4) is 11.5 Å². The number of hydrogen-bond acceptors (Lipinski definition) is 5. The molecule has 1 aliphatic heterocycles. The highest BCUT2D eigenvalue weighted by molar-refractivity contribution is 6.32. The molecule has 7 nitrogen and oxygen atoms in total. The monoisotopic (exact) mass is 469 g/mol. The third-order valence-corrected chi connectivity index (χ3v) is 5.30. The summed E-state index contributed by atoms with van der Waals surface area (Å²) in [5, 5.41) is 8.63. The van der Waals surface area contributed by atoms with Crippen LogP contribution in [0.2, 0.25) is 0 Å². The van der Waals surface area contributed by atoms with Crippen LogP contribution in [-0.4, -0.2) is 30.7 Å². The van der Waals surface area contributed by atoms with Gasteiger partial charge < -0.3 is 14.8 Å². The second-order valence-electron chi connectivity index (χ2n) is 8.04. The average Bonchev–Trinajstić information content (AvgIpc) is 3.13. The number of aryl methyl sites for hydroxylation is 1. The third-order valence-electron chi connectivity index (χ3n) is 5.30.